The lowest BCUT2D eigenvalue weighted by molar-refractivity contribution is 0.896. The highest BCUT2D eigenvalue weighted by Crippen LogP contribution is 2.18. The molecule has 0 radical (unpaired) electrons. The van der Waals surface area contributed by atoms with Gasteiger partial charge in [-0.3, -0.25) is 5.32 Å². The van der Waals surface area contributed by atoms with Crippen LogP contribution in [0.3, 0.4) is 0 Å². The molecular formula is C18H21ClN6S. The fourth-order valence-electron chi connectivity index (χ4n) is 2.35. The molecule has 8 heteroatoms. The van der Waals surface area contributed by atoms with Crippen molar-refractivity contribution in [3.63, 3.8) is 0 Å². The van der Waals surface area contributed by atoms with Crippen molar-refractivity contribution in [2.24, 2.45) is 4.99 Å². The molecule has 26 heavy (non-hydrogen) atoms. The Kier molecular flexibility index (Phi) is 6.00. The van der Waals surface area contributed by atoms with Gasteiger partial charge in [-0.25, -0.2) is 15.0 Å². The Hall–Kier alpha value is -2.25. The van der Waals surface area contributed by atoms with E-state index < -0.39 is 0 Å². The summed E-state index contributed by atoms with van der Waals surface area (Å²) in [5.74, 6) is 0.954. The largest absolute Gasteiger partial charge is 0.360 e. The second-order valence-electron chi connectivity index (χ2n) is 6.23. The lowest BCUT2D eigenvalue weighted by Gasteiger charge is -2.14. The number of anilines is 1. The molecule has 3 N–H and O–H groups in total. The SMILES string of the molecule is Cc1cc(C)nc(NC(=NCc2ccccc2Cl)NC(=S)NC2CC2)n1. The normalized spacial score (nSPS) is 14.0. The van der Waals surface area contributed by atoms with E-state index in [-0.39, 0.29) is 0 Å². The standard InChI is InChI=1S/C18H21ClN6S/c1-11-9-12(2)22-17(21-11)24-16(25-18(26)23-14-7-8-14)20-10-13-5-3-4-6-15(13)19/h3-6,9,14H,7-8,10H2,1-2H3,(H3,20,21,22,23,24,25,26). The van der Waals surface area contributed by atoms with Crippen LogP contribution < -0.4 is 16.0 Å². The molecule has 1 aromatic carbocycles. The van der Waals surface area contributed by atoms with Gasteiger partial charge in [-0.05, 0) is 56.6 Å². The minimum absolute atomic E-state index is 0.409. The van der Waals surface area contributed by atoms with Crippen molar-refractivity contribution in [1.82, 2.24) is 20.6 Å². The molecule has 0 amide bonds. The van der Waals surface area contributed by atoms with E-state index in [9.17, 15) is 0 Å². The number of nitrogens with one attached hydrogen (secondary N) is 3. The van der Waals surface area contributed by atoms with Crippen molar-refractivity contribution in [1.29, 1.82) is 0 Å². The van der Waals surface area contributed by atoms with Crippen LogP contribution in [0.25, 0.3) is 0 Å². The maximum absolute atomic E-state index is 6.22. The van der Waals surface area contributed by atoms with Crippen LogP contribution in [0, 0.1) is 13.8 Å². The van der Waals surface area contributed by atoms with Crippen LogP contribution in [0.15, 0.2) is 35.3 Å². The maximum atomic E-state index is 6.22. The summed E-state index contributed by atoms with van der Waals surface area (Å²) in [6.45, 7) is 4.26. The zero-order valence-electron chi connectivity index (χ0n) is 14.7. The number of nitrogens with zero attached hydrogens (tertiary/aromatic N) is 3. The topological polar surface area (TPSA) is 74.2 Å². The van der Waals surface area contributed by atoms with Crippen LogP contribution in [0.1, 0.15) is 29.8 Å². The molecule has 0 aliphatic heterocycles. The molecule has 0 spiro atoms. The molecule has 1 aromatic heterocycles. The number of halogens is 1. The molecule has 1 aliphatic carbocycles. The van der Waals surface area contributed by atoms with E-state index in [0.717, 1.165) is 29.8 Å². The van der Waals surface area contributed by atoms with E-state index in [4.69, 9.17) is 23.8 Å². The number of benzene rings is 1. The number of aromatic nitrogens is 2. The van der Waals surface area contributed by atoms with Crippen molar-refractivity contribution in [3.8, 4) is 0 Å². The average molecular weight is 389 g/mol. The number of thiocarbonyl (C=S) groups is 1. The fraction of sp³-hybridized carbons (Fsp3) is 0.333. The van der Waals surface area contributed by atoms with Crippen molar-refractivity contribution < 1.29 is 0 Å². The Balaban J connectivity index is 1.76. The molecule has 3 rings (SSSR count). The molecule has 1 fully saturated rings. The van der Waals surface area contributed by atoms with Crippen LogP contribution >= 0.6 is 23.8 Å². The van der Waals surface area contributed by atoms with Crippen molar-refractivity contribution in [2.45, 2.75) is 39.3 Å². The van der Waals surface area contributed by atoms with Gasteiger partial charge in [-0.1, -0.05) is 29.8 Å². The first-order chi connectivity index (χ1) is 12.5. The lowest BCUT2D eigenvalue weighted by atomic mass is 10.2. The van der Waals surface area contributed by atoms with E-state index in [0.29, 0.717) is 34.6 Å². The van der Waals surface area contributed by atoms with Crippen LogP contribution in [-0.2, 0) is 6.54 Å². The van der Waals surface area contributed by atoms with Gasteiger partial charge >= 0.3 is 0 Å². The van der Waals surface area contributed by atoms with Gasteiger partial charge in [0.15, 0.2) is 5.11 Å². The summed E-state index contributed by atoms with van der Waals surface area (Å²) >= 11 is 11.6. The molecule has 136 valence electrons. The summed E-state index contributed by atoms with van der Waals surface area (Å²) in [6, 6.07) is 9.99. The third kappa shape index (κ3) is 5.64. The number of hydrogen-bond acceptors (Lipinski definition) is 4. The Morgan fingerprint density at radius 1 is 1.23 bits per heavy atom. The molecule has 0 unspecified atom stereocenters. The summed E-state index contributed by atoms with van der Waals surface area (Å²) in [5, 5.41) is 10.7. The van der Waals surface area contributed by atoms with Gasteiger partial charge < -0.3 is 10.6 Å². The highest BCUT2D eigenvalue weighted by atomic mass is 35.5. The van der Waals surface area contributed by atoms with Crippen molar-refractivity contribution in [2.75, 3.05) is 5.32 Å². The third-order valence-electron chi connectivity index (χ3n) is 3.72. The Morgan fingerprint density at radius 2 is 1.92 bits per heavy atom. The first kappa shape index (κ1) is 18.5. The predicted molar refractivity (Wildman–Crippen MR) is 110 cm³/mol. The van der Waals surface area contributed by atoms with Crippen LogP contribution in [0.4, 0.5) is 5.95 Å². The summed E-state index contributed by atoms with van der Waals surface area (Å²) in [6.07, 6.45) is 2.28. The van der Waals surface area contributed by atoms with E-state index >= 15 is 0 Å². The minimum Gasteiger partial charge on any atom is -0.360 e. The van der Waals surface area contributed by atoms with Gasteiger partial charge in [0.05, 0.1) is 6.54 Å². The van der Waals surface area contributed by atoms with Gasteiger partial charge in [-0.15, -0.1) is 0 Å². The van der Waals surface area contributed by atoms with Crippen LogP contribution in [0.5, 0.6) is 0 Å². The van der Waals surface area contributed by atoms with E-state index in [1.165, 1.54) is 0 Å². The van der Waals surface area contributed by atoms with Gasteiger partial charge in [0.2, 0.25) is 11.9 Å². The summed E-state index contributed by atoms with van der Waals surface area (Å²) in [5.41, 5.74) is 2.69. The van der Waals surface area contributed by atoms with Crippen LogP contribution in [0.2, 0.25) is 5.02 Å². The molecule has 1 saturated carbocycles. The zero-order chi connectivity index (χ0) is 18.5. The smallest absolute Gasteiger partial charge is 0.229 e. The average Bonchev–Trinajstić information content (AvgIpc) is 3.36. The molecular weight excluding hydrogens is 368 g/mol. The number of aliphatic imine (C=N–C) groups is 1. The Labute approximate surface area is 163 Å². The number of hydrogen-bond donors (Lipinski definition) is 3. The molecule has 1 aliphatic rings. The zero-order valence-corrected chi connectivity index (χ0v) is 16.3. The molecule has 1 heterocycles. The molecule has 0 saturated heterocycles. The quantitative estimate of drug-likeness (QED) is 0.424. The first-order valence-electron chi connectivity index (χ1n) is 8.44. The Morgan fingerprint density at radius 3 is 2.58 bits per heavy atom. The fourth-order valence-corrected chi connectivity index (χ4v) is 2.80. The predicted octanol–water partition coefficient (Wildman–Crippen LogP) is 3.34. The summed E-state index contributed by atoms with van der Waals surface area (Å²) in [4.78, 5) is 13.4. The van der Waals surface area contributed by atoms with Crippen molar-refractivity contribution in [3.05, 3.63) is 52.3 Å². The summed E-state index contributed by atoms with van der Waals surface area (Å²) in [7, 11) is 0. The molecule has 2 aromatic rings. The van der Waals surface area contributed by atoms with Gasteiger partial charge in [0.1, 0.15) is 0 Å². The molecule has 6 nitrogen and oxygen atoms in total. The monoisotopic (exact) mass is 388 g/mol. The van der Waals surface area contributed by atoms with Crippen LogP contribution in [-0.4, -0.2) is 27.1 Å². The summed E-state index contributed by atoms with van der Waals surface area (Å²) < 4.78 is 0. The second kappa shape index (κ2) is 8.42. The van der Waals surface area contributed by atoms with Gasteiger partial charge in [0.25, 0.3) is 0 Å². The molecule has 0 bridgehead atoms. The van der Waals surface area contributed by atoms with E-state index in [1.54, 1.807) is 0 Å². The van der Waals surface area contributed by atoms with E-state index in [2.05, 4.69) is 30.9 Å². The van der Waals surface area contributed by atoms with Gasteiger partial charge in [0, 0.05) is 22.5 Å². The Bertz CT molecular complexity index is 814. The second-order valence-corrected chi connectivity index (χ2v) is 7.04. The number of aryl methyl sites for hydroxylation is 2. The number of rotatable bonds is 4. The number of guanidine groups is 1. The lowest BCUT2D eigenvalue weighted by Crippen LogP contribution is -2.43. The van der Waals surface area contributed by atoms with Gasteiger partial charge in [-0.2, -0.15) is 0 Å². The first-order valence-corrected chi connectivity index (χ1v) is 9.23. The van der Waals surface area contributed by atoms with Crippen molar-refractivity contribution >= 4 is 40.8 Å². The highest BCUT2D eigenvalue weighted by molar-refractivity contribution is 7.80. The third-order valence-corrected chi connectivity index (χ3v) is 4.31. The minimum atomic E-state index is 0.409. The maximum Gasteiger partial charge on any atom is 0.229 e. The molecule has 0 atom stereocenters. The van der Waals surface area contributed by atoms with E-state index in [1.807, 2.05) is 44.2 Å². The highest BCUT2D eigenvalue weighted by Gasteiger charge is 2.22.